The lowest BCUT2D eigenvalue weighted by Crippen LogP contribution is -2.54. The maximum atomic E-state index is 12.8. The van der Waals surface area contributed by atoms with Gasteiger partial charge in [-0.1, -0.05) is 57.4 Å². The Hall–Kier alpha value is -2.90. The van der Waals surface area contributed by atoms with Gasteiger partial charge >= 0.3 is 5.97 Å². The number of carboxylic acid groups (broad SMARTS) is 1. The Kier molecular flexibility index (Phi) is 10.6. The van der Waals surface area contributed by atoms with Gasteiger partial charge in [0.1, 0.15) is 17.9 Å². The van der Waals surface area contributed by atoms with Crippen LogP contribution in [-0.4, -0.2) is 40.8 Å². The van der Waals surface area contributed by atoms with E-state index in [0.717, 1.165) is 37.7 Å². The van der Waals surface area contributed by atoms with Crippen LogP contribution in [0.1, 0.15) is 64.0 Å². The SMILES string of the molecule is CC.CC(=O)NC(Cc1ccc(C(=N)N)cc1)C(=O)N[C@H](C(=O)O)C1CCCCC1. The summed E-state index contributed by atoms with van der Waals surface area (Å²) in [6.07, 6.45) is 4.76. The Bertz CT molecular complexity index is 727. The summed E-state index contributed by atoms with van der Waals surface area (Å²) in [6.45, 7) is 5.31. The van der Waals surface area contributed by atoms with E-state index in [1.807, 2.05) is 13.8 Å². The van der Waals surface area contributed by atoms with Crippen molar-refractivity contribution in [2.24, 2.45) is 11.7 Å². The predicted octanol–water partition coefficient (Wildman–Crippen LogP) is 2.19. The minimum Gasteiger partial charge on any atom is -0.480 e. The fraction of sp³-hybridized carbons (Fsp3) is 0.545. The molecule has 2 atom stereocenters. The minimum absolute atomic E-state index is 0.0560. The Labute approximate surface area is 178 Å². The van der Waals surface area contributed by atoms with Crippen molar-refractivity contribution >= 4 is 23.6 Å². The number of hydrogen-bond donors (Lipinski definition) is 5. The van der Waals surface area contributed by atoms with Gasteiger partial charge in [0.2, 0.25) is 11.8 Å². The Morgan fingerprint density at radius 1 is 1.10 bits per heavy atom. The molecule has 8 heteroatoms. The highest BCUT2D eigenvalue weighted by molar-refractivity contribution is 5.95. The maximum Gasteiger partial charge on any atom is 0.326 e. The number of benzene rings is 1. The van der Waals surface area contributed by atoms with E-state index in [-0.39, 0.29) is 24.1 Å². The van der Waals surface area contributed by atoms with Crippen LogP contribution < -0.4 is 16.4 Å². The fourth-order valence-electron chi connectivity index (χ4n) is 3.61. The van der Waals surface area contributed by atoms with E-state index in [0.29, 0.717) is 5.56 Å². The minimum atomic E-state index is -1.05. The van der Waals surface area contributed by atoms with E-state index in [2.05, 4.69) is 10.6 Å². The summed E-state index contributed by atoms with van der Waals surface area (Å²) in [5, 5.41) is 22.2. The third kappa shape index (κ3) is 7.85. The Morgan fingerprint density at radius 3 is 2.13 bits per heavy atom. The molecule has 2 amide bonds. The van der Waals surface area contributed by atoms with Crippen molar-refractivity contribution in [2.45, 2.75) is 71.4 Å². The van der Waals surface area contributed by atoms with Gasteiger partial charge in [-0.05, 0) is 24.3 Å². The number of nitrogen functional groups attached to an aromatic ring is 1. The number of rotatable bonds is 8. The van der Waals surface area contributed by atoms with Gasteiger partial charge in [-0.15, -0.1) is 0 Å². The van der Waals surface area contributed by atoms with Crippen molar-refractivity contribution < 1.29 is 19.5 Å². The molecule has 166 valence electrons. The quantitative estimate of drug-likeness (QED) is 0.324. The highest BCUT2D eigenvalue weighted by atomic mass is 16.4. The van der Waals surface area contributed by atoms with Gasteiger partial charge in [0, 0.05) is 18.9 Å². The topological polar surface area (TPSA) is 145 Å². The molecular weight excluding hydrogens is 384 g/mol. The van der Waals surface area contributed by atoms with Gasteiger partial charge in [0.05, 0.1) is 0 Å². The van der Waals surface area contributed by atoms with Crippen LogP contribution in [0.15, 0.2) is 24.3 Å². The Morgan fingerprint density at radius 2 is 1.67 bits per heavy atom. The van der Waals surface area contributed by atoms with Crippen molar-refractivity contribution in [1.82, 2.24) is 10.6 Å². The molecule has 6 N–H and O–H groups in total. The average Bonchev–Trinajstić information content (AvgIpc) is 2.73. The van der Waals surface area contributed by atoms with Crippen LogP contribution >= 0.6 is 0 Å². The number of carboxylic acids is 1. The lowest BCUT2D eigenvalue weighted by Gasteiger charge is -2.29. The number of aliphatic carboxylic acids is 1. The highest BCUT2D eigenvalue weighted by Gasteiger charge is 2.33. The van der Waals surface area contributed by atoms with Gasteiger partial charge in [0.15, 0.2) is 0 Å². The van der Waals surface area contributed by atoms with Crippen molar-refractivity contribution in [3.63, 3.8) is 0 Å². The second kappa shape index (κ2) is 12.6. The number of amides is 2. The zero-order valence-corrected chi connectivity index (χ0v) is 18.0. The molecule has 0 radical (unpaired) electrons. The van der Waals surface area contributed by atoms with Gasteiger partial charge in [0.25, 0.3) is 0 Å². The highest BCUT2D eigenvalue weighted by Crippen LogP contribution is 2.26. The molecule has 8 nitrogen and oxygen atoms in total. The standard InChI is InChI=1S/C20H28N4O4.C2H6/c1-12(25)23-16(11-13-7-9-15(10-8-13)18(21)22)19(26)24-17(20(27)28)14-5-3-2-4-6-14;1-2/h7-10,14,16-17H,2-6,11H2,1H3,(H3,21,22)(H,23,25)(H,24,26)(H,27,28);1-2H3/t16?,17-;/m0./s1. The van der Waals surface area contributed by atoms with Gasteiger partial charge in [-0.2, -0.15) is 0 Å². The second-order valence-electron chi connectivity index (χ2n) is 7.29. The van der Waals surface area contributed by atoms with E-state index >= 15 is 0 Å². The summed E-state index contributed by atoms with van der Waals surface area (Å²) in [5.74, 6) is -2.08. The predicted molar refractivity (Wildman–Crippen MR) is 116 cm³/mol. The van der Waals surface area contributed by atoms with Gasteiger partial charge < -0.3 is 21.5 Å². The zero-order chi connectivity index (χ0) is 22.7. The normalized spacial score (nSPS) is 15.7. The van der Waals surface area contributed by atoms with Crippen molar-refractivity contribution in [2.75, 3.05) is 0 Å². The first-order valence-electron chi connectivity index (χ1n) is 10.5. The number of nitrogens with one attached hydrogen (secondary N) is 3. The van der Waals surface area contributed by atoms with Crippen molar-refractivity contribution in [3.8, 4) is 0 Å². The molecule has 1 aromatic rings. The molecule has 1 fully saturated rings. The fourth-order valence-corrected chi connectivity index (χ4v) is 3.61. The molecule has 1 aromatic carbocycles. The molecule has 0 spiro atoms. The molecule has 0 aliphatic heterocycles. The first-order chi connectivity index (χ1) is 14.3. The monoisotopic (exact) mass is 418 g/mol. The molecular formula is C22H34N4O4. The summed E-state index contributed by atoms with van der Waals surface area (Å²) in [6, 6.07) is 4.96. The number of carbonyl (C=O) groups excluding carboxylic acids is 2. The van der Waals surface area contributed by atoms with Crippen LogP contribution in [-0.2, 0) is 20.8 Å². The number of nitrogens with two attached hydrogens (primary N) is 1. The molecule has 1 aliphatic rings. The van der Waals surface area contributed by atoms with Crippen LogP contribution in [0, 0.1) is 11.3 Å². The molecule has 1 saturated carbocycles. The molecule has 30 heavy (non-hydrogen) atoms. The van der Waals surface area contributed by atoms with Crippen LogP contribution in [0.4, 0.5) is 0 Å². The number of hydrogen-bond acceptors (Lipinski definition) is 4. The van der Waals surface area contributed by atoms with E-state index in [1.165, 1.54) is 6.92 Å². The summed E-state index contributed by atoms with van der Waals surface area (Å²) >= 11 is 0. The van der Waals surface area contributed by atoms with Crippen LogP contribution in [0.2, 0.25) is 0 Å². The summed E-state index contributed by atoms with van der Waals surface area (Å²) in [5.41, 5.74) is 6.77. The van der Waals surface area contributed by atoms with Crippen LogP contribution in [0.3, 0.4) is 0 Å². The zero-order valence-electron chi connectivity index (χ0n) is 18.0. The van der Waals surface area contributed by atoms with E-state index in [1.54, 1.807) is 24.3 Å². The van der Waals surface area contributed by atoms with Crippen molar-refractivity contribution in [3.05, 3.63) is 35.4 Å². The Balaban J connectivity index is 0.00000218. The van der Waals surface area contributed by atoms with Crippen LogP contribution in [0.25, 0.3) is 0 Å². The molecule has 0 bridgehead atoms. The summed E-state index contributed by atoms with van der Waals surface area (Å²) < 4.78 is 0. The average molecular weight is 419 g/mol. The third-order valence-electron chi connectivity index (χ3n) is 5.08. The van der Waals surface area contributed by atoms with Crippen LogP contribution in [0.5, 0.6) is 0 Å². The van der Waals surface area contributed by atoms with E-state index < -0.39 is 24.0 Å². The molecule has 2 rings (SSSR count). The lowest BCUT2D eigenvalue weighted by atomic mass is 9.83. The second-order valence-corrected chi connectivity index (χ2v) is 7.29. The number of carbonyl (C=O) groups is 3. The van der Waals surface area contributed by atoms with Crippen molar-refractivity contribution in [1.29, 1.82) is 5.41 Å². The summed E-state index contributed by atoms with van der Waals surface area (Å²) in [7, 11) is 0. The van der Waals surface area contributed by atoms with E-state index in [4.69, 9.17) is 11.1 Å². The molecule has 1 aliphatic carbocycles. The van der Waals surface area contributed by atoms with E-state index in [9.17, 15) is 19.5 Å². The summed E-state index contributed by atoms with van der Waals surface area (Å²) in [4.78, 5) is 36.0. The lowest BCUT2D eigenvalue weighted by molar-refractivity contribution is -0.144. The largest absolute Gasteiger partial charge is 0.480 e. The van der Waals surface area contributed by atoms with Gasteiger partial charge in [-0.25, -0.2) is 4.79 Å². The molecule has 0 saturated heterocycles. The maximum absolute atomic E-state index is 12.8. The third-order valence-corrected chi connectivity index (χ3v) is 5.08. The first-order valence-corrected chi connectivity index (χ1v) is 10.5. The number of amidine groups is 1. The molecule has 0 aromatic heterocycles. The van der Waals surface area contributed by atoms with Gasteiger partial charge in [-0.3, -0.25) is 15.0 Å². The molecule has 1 unspecified atom stereocenters. The molecule has 0 heterocycles. The smallest absolute Gasteiger partial charge is 0.326 e. The first kappa shape index (κ1) is 25.1.